The van der Waals surface area contributed by atoms with Crippen molar-refractivity contribution in [2.75, 3.05) is 0 Å². The summed E-state index contributed by atoms with van der Waals surface area (Å²) in [6.45, 7) is 30.4. The zero-order valence-corrected chi connectivity index (χ0v) is 22.4. The molecule has 0 fully saturated rings. The molecule has 0 aliphatic carbocycles. The van der Waals surface area contributed by atoms with Gasteiger partial charge in [-0.15, -0.1) is 15.3 Å². The summed E-state index contributed by atoms with van der Waals surface area (Å²) in [6, 6.07) is 0. The Morgan fingerprint density at radius 3 is 0.840 bits per heavy atom. The van der Waals surface area contributed by atoms with Crippen LogP contribution >= 0.6 is 0 Å². The fourth-order valence-electron chi connectivity index (χ4n) is 3.73. The van der Waals surface area contributed by atoms with Crippen LogP contribution < -0.4 is 0 Å². The molecule has 0 unspecified atom stereocenters. The standard InChI is InChI=1S/C21H45BSi3/c1-13-16-19(23(4,5)6)22(20(17-14-2)24(7,8)9)21(18-15-3)25(10,11)12/h16-18H,13-15H2,1-12H3/b19-16-,20-17-,21-18-. The molecule has 25 heavy (non-hydrogen) atoms. The molecule has 0 atom stereocenters. The minimum absolute atomic E-state index is 0.588. The normalized spacial score (nSPS) is 15.6. The second-order valence-corrected chi connectivity index (χ2v) is 25.6. The molecule has 0 radical (unpaired) electrons. The predicted octanol–water partition coefficient (Wildman–Crippen LogP) is 7.74. The summed E-state index contributed by atoms with van der Waals surface area (Å²) in [5, 5.41) is 5.37. The summed E-state index contributed by atoms with van der Waals surface area (Å²) in [4.78, 5) is 0. The third kappa shape index (κ3) is 7.60. The summed E-state index contributed by atoms with van der Waals surface area (Å²) >= 11 is 0. The van der Waals surface area contributed by atoms with Crippen LogP contribution in [0.15, 0.2) is 33.5 Å². The Morgan fingerprint density at radius 2 is 0.720 bits per heavy atom. The van der Waals surface area contributed by atoms with Crippen LogP contribution in [0.5, 0.6) is 0 Å². The van der Waals surface area contributed by atoms with E-state index >= 15 is 0 Å². The van der Waals surface area contributed by atoms with Crippen molar-refractivity contribution in [3.8, 4) is 0 Å². The first-order valence-corrected chi connectivity index (χ1v) is 20.8. The minimum atomic E-state index is -1.39. The molecule has 0 saturated carbocycles. The third-order valence-electron chi connectivity index (χ3n) is 4.80. The van der Waals surface area contributed by atoms with Gasteiger partial charge in [0.2, 0.25) is 6.71 Å². The highest BCUT2D eigenvalue weighted by Crippen LogP contribution is 2.35. The van der Waals surface area contributed by atoms with E-state index in [1.807, 2.05) is 0 Å². The molecule has 4 heteroatoms. The van der Waals surface area contributed by atoms with Crippen LogP contribution in [0, 0.1) is 0 Å². The van der Waals surface area contributed by atoms with Crippen molar-refractivity contribution in [2.45, 2.75) is 99.0 Å². The monoisotopic (exact) mass is 392 g/mol. The van der Waals surface area contributed by atoms with E-state index in [4.69, 9.17) is 0 Å². The van der Waals surface area contributed by atoms with Gasteiger partial charge in [0.1, 0.15) is 0 Å². The van der Waals surface area contributed by atoms with Crippen molar-refractivity contribution in [3.05, 3.63) is 33.5 Å². The SMILES string of the molecule is CC/C=C(/B(/C(=C/CC)[Si](C)(C)C)/C(=C/CC)[Si](C)(C)C)[Si](C)(C)C. The van der Waals surface area contributed by atoms with Crippen LogP contribution in [0.25, 0.3) is 0 Å². The van der Waals surface area contributed by atoms with E-state index in [-0.39, 0.29) is 0 Å². The van der Waals surface area contributed by atoms with Crippen molar-refractivity contribution in [2.24, 2.45) is 0 Å². The molecule has 0 bridgehead atoms. The first kappa shape index (κ1) is 24.9. The first-order chi connectivity index (χ1) is 11.2. The predicted molar refractivity (Wildman–Crippen MR) is 131 cm³/mol. The maximum Gasteiger partial charge on any atom is 0.215 e. The van der Waals surface area contributed by atoms with Gasteiger partial charge >= 0.3 is 0 Å². The number of rotatable bonds is 9. The summed E-state index contributed by atoms with van der Waals surface area (Å²) in [5.41, 5.74) is 0. The van der Waals surface area contributed by atoms with Gasteiger partial charge in [0.15, 0.2) is 0 Å². The maximum absolute atomic E-state index is 2.60. The lowest BCUT2D eigenvalue weighted by atomic mass is 9.47. The summed E-state index contributed by atoms with van der Waals surface area (Å²) in [6.07, 6.45) is 11.3. The van der Waals surface area contributed by atoms with E-state index in [1.54, 1.807) is 15.3 Å². The summed E-state index contributed by atoms with van der Waals surface area (Å²) in [5.74, 6) is 0. The van der Waals surface area contributed by atoms with E-state index in [0.717, 1.165) is 19.3 Å². The Bertz CT molecular complexity index is 433. The van der Waals surface area contributed by atoms with E-state index in [9.17, 15) is 0 Å². The fourth-order valence-corrected chi connectivity index (χ4v) is 10.1. The van der Waals surface area contributed by atoms with Crippen molar-refractivity contribution < 1.29 is 0 Å². The molecule has 0 aliphatic rings. The van der Waals surface area contributed by atoms with E-state index < -0.39 is 24.2 Å². The van der Waals surface area contributed by atoms with Crippen molar-refractivity contribution in [1.82, 2.24) is 0 Å². The van der Waals surface area contributed by atoms with E-state index in [0.29, 0.717) is 6.71 Å². The van der Waals surface area contributed by atoms with Gasteiger partial charge in [0.25, 0.3) is 0 Å². The van der Waals surface area contributed by atoms with E-state index in [1.165, 1.54) is 0 Å². The molecule has 0 aromatic carbocycles. The minimum Gasteiger partial charge on any atom is -0.106 e. The molecule has 0 aromatic heterocycles. The maximum atomic E-state index is 2.60. The van der Waals surface area contributed by atoms with Crippen LogP contribution in [-0.4, -0.2) is 30.9 Å². The Labute approximate surface area is 163 Å². The van der Waals surface area contributed by atoms with Gasteiger partial charge in [0.05, 0.1) is 24.2 Å². The molecule has 0 rings (SSSR count). The molecular weight excluding hydrogens is 347 g/mol. The summed E-state index contributed by atoms with van der Waals surface area (Å²) in [7, 11) is -4.16. The van der Waals surface area contributed by atoms with Gasteiger partial charge in [-0.05, 0) is 19.3 Å². The van der Waals surface area contributed by atoms with Gasteiger partial charge in [-0.1, -0.05) is 97.9 Å². The molecule has 0 nitrogen and oxygen atoms in total. The Balaban J connectivity index is 6.85. The Hall–Kier alpha value is -0.0644. The largest absolute Gasteiger partial charge is 0.215 e. The molecule has 144 valence electrons. The highest BCUT2D eigenvalue weighted by atomic mass is 28.3. The molecule has 0 spiro atoms. The van der Waals surface area contributed by atoms with Gasteiger partial charge in [-0.25, -0.2) is 0 Å². The zero-order chi connectivity index (χ0) is 20.1. The second-order valence-electron chi connectivity index (χ2n) is 10.4. The topological polar surface area (TPSA) is 0 Å². The first-order valence-electron chi connectivity index (χ1n) is 10.3. The van der Waals surface area contributed by atoms with Crippen LogP contribution in [-0.2, 0) is 0 Å². The Morgan fingerprint density at radius 1 is 0.520 bits per heavy atom. The molecule has 0 aromatic rings. The Kier molecular flexibility index (Phi) is 9.73. The average Bonchev–Trinajstić information content (AvgIpc) is 2.40. The van der Waals surface area contributed by atoms with Gasteiger partial charge in [0, 0.05) is 0 Å². The molecular formula is C21H45BSi3. The zero-order valence-electron chi connectivity index (χ0n) is 19.4. The quantitative estimate of drug-likeness (QED) is 0.352. The molecule has 0 N–H and O–H groups in total. The second kappa shape index (κ2) is 9.75. The van der Waals surface area contributed by atoms with Gasteiger partial charge in [-0.3, -0.25) is 0 Å². The van der Waals surface area contributed by atoms with E-state index in [2.05, 4.69) is 97.9 Å². The lowest BCUT2D eigenvalue weighted by molar-refractivity contribution is 1.21. The van der Waals surface area contributed by atoms with Crippen LogP contribution in [0.4, 0.5) is 0 Å². The number of hydrogen-bond acceptors (Lipinski definition) is 0. The molecule has 0 amide bonds. The number of allylic oxidation sites excluding steroid dienone is 3. The molecule has 0 saturated heterocycles. The fraction of sp³-hybridized carbons (Fsp3) is 0.714. The van der Waals surface area contributed by atoms with Gasteiger partial charge < -0.3 is 0 Å². The average molecular weight is 393 g/mol. The van der Waals surface area contributed by atoms with Gasteiger partial charge in [-0.2, -0.15) is 0 Å². The van der Waals surface area contributed by atoms with Crippen LogP contribution in [0.2, 0.25) is 58.9 Å². The van der Waals surface area contributed by atoms with Crippen molar-refractivity contribution in [3.63, 3.8) is 0 Å². The third-order valence-corrected chi connectivity index (χ3v) is 11.5. The lowest BCUT2D eigenvalue weighted by Crippen LogP contribution is -2.49. The van der Waals surface area contributed by atoms with Crippen molar-refractivity contribution in [1.29, 1.82) is 0 Å². The molecule has 0 heterocycles. The highest BCUT2D eigenvalue weighted by molar-refractivity contribution is 7.17. The summed E-state index contributed by atoms with van der Waals surface area (Å²) < 4.78 is 0. The van der Waals surface area contributed by atoms with Crippen LogP contribution in [0.1, 0.15) is 40.0 Å². The number of hydrogen-bond donors (Lipinski definition) is 0. The smallest absolute Gasteiger partial charge is 0.106 e. The highest BCUT2D eigenvalue weighted by Gasteiger charge is 2.42. The molecule has 0 aliphatic heterocycles. The van der Waals surface area contributed by atoms with Crippen LogP contribution in [0.3, 0.4) is 0 Å². The van der Waals surface area contributed by atoms with Crippen molar-refractivity contribution >= 4 is 30.9 Å². The lowest BCUT2D eigenvalue weighted by Gasteiger charge is -2.39.